The van der Waals surface area contributed by atoms with Gasteiger partial charge >= 0.3 is 5.97 Å². The number of halogens is 1. The molecule has 2 aromatic carbocycles. The number of nitrogen functional groups attached to an aromatic ring is 1. The lowest BCUT2D eigenvalue weighted by Gasteiger charge is -2.05. The zero-order valence-electron chi connectivity index (χ0n) is 9.97. The van der Waals surface area contributed by atoms with Gasteiger partial charge in [0.15, 0.2) is 0 Å². The summed E-state index contributed by atoms with van der Waals surface area (Å²) in [4.78, 5) is 11.9. The summed E-state index contributed by atoms with van der Waals surface area (Å²) in [6, 6.07) is 11.6. The minimum atomic E-state index is -0.870. The molecule has 0 fully saturated rings. The molecule has 0 unspecified atom stereocenters. The second kappa shape index (κ2) is 5.75. The first-order valence-electron chi connectivity index (χ1n) is 5.58. The van der Waals surface area contributed by atoms with Crippen LogP contribution in [0.2, 0.25) is 0 Å². The fourth-order valence-corrected chi connectivity index (χ4v) is 2.40. The highest BCUT2D eigenvalue weighted by atomic mass is 32.2. The molecule has 2 aromatic rings. The summed E-state index contributed by atoms with van der Waals surface area (Å²) in [7, 11) is 0. The van der Waals surface area contributed by atoms with Crippen LogP contribution < -0.4 is 5.73 Å². The molecule has 0 amide bonds. The Balaban J connectivity index is 2.13. The lowest BCUT2D eigenvalue weighted by molar-refractivity contribution is -0.136. The number of carboxylic acid groups (broad SMARTS) is 1. The summed E-state index contributed by atoms with van der Waals surface area (Å²) in [5, 5.41) is 8.67. The molecule has 0 radical (unpaired) electrons. The third-order valence-electron chi connectivity index (χ3n) is 2.46. The fourth-order valence-electron chi connectivity index (χ4n) is 1.58. The number of nitrogens with two attached hydrogens (primary N) is 1. The Kier molecular flexibility index (Phi) is 4.06. The topological polar surface area (TPSA) is 63.3 Å². The highest BCUT2D eigenvalue weighted by Gasteiger charge is 2.05. The summed E-state index contributed by atoms with van der Waals surface area (Å²) < 4.78 is 13.6. The highest BCUT2D eigenvalue weighted by molar-refractivity contribution is 7.99. The van der Waals surface area contributed by atoms with Crippen molar-refractivity contribution in [2.24, 2.45) is 0 Å². The molecule has 98 valence electrons. The Hall–Kier alpha value is -2.01. The Morgan fingerprint density at radius 1 is 1.21 bits per heavy atom. The summed E-state index contributed by atoms with van der Waals surface area (Å²) in [5.74, 6) is -1.23. The number of carbonyl (C=O) groups is 1. The number of benzene rings is 2. The Morgan fingerprint density at radius 3 is 2.47 bits per heavy atom. The second-order valence-electron chi connectivity index (χ2n) is 4.01. The molecule has 3 nitrogen and oxygen atoms in total. The average Bonchev–Trinajstić information content (AvgIpc) is 2.34. The molecule has 0 aromatic heterocycles. The normalized spacial score (nSPS) is 10.4. The molecule has 0 spiro atoms. The number of carboxylic acids is 1. The maximum atomic E-state index is 13.6. The van der Waals surface area contributed by atoms with Gasteiger partial charge < -0.3 is 10.8 Å². The van der Waals surface area contributed by atoms with Gasteiger partial charge in [0.05, 0.1) is 6.42 Å². The lowest BCUT2D eigenvalue weighted by atomic mass is 10.2. The Labute approximate surface area is 114 Å². The maximum absolute atomic E-state index is 13.6. The number of rotatable bonds is 4. The van der Waals surface area contributed by atoms with Crippen molar-refractivity contribution in [3.05, 3.63) is 53.8 Å². The summed E-state index contributed by atoms with van der Waals surface area (Å²) in [6.07, 6.45) is -0.0127. The fraction of sp³-hybridized carbons (Fsp3) is 0.0714. The third kappa shape index (κ3) is 3.72. The first kappa shape index (κ1) is 13.4. The van der Waals surface area contributed by atoms with Gasteiger partial charge in [-0.15, -0.1) is 0 Å². The number of anilines is 1. The van der Waals surface area contributed by atoms with Crippen molar-refractivity contribution >= 4 is 23.4 Å². The van der Waals surface area contributed by atoms with E-state index in [0.29, 0.717) is 10.6 Å². The lowest BCUT2D eigenvalue weighted by Crippen LogP contribution is -1.99. The number of hydrogen-bond donors (Lipinski definition) is 2. The Morgan fingerprint density at radius 2 is 1.89 bits per heavy atom. The largest absolute Gasteiger partial charge is 0.481 e. The first-order valence-corrected chi connectivity index (χ1v) is 6.40. The van der Waals surface area contributed by atoms with Crippen LogP contribution in [0.1, 0.15) is 5.56 Å². The third-order valence-corrected chi connectivity index (χ3v) is 3.52. The van der Waals surface area contributed by atoms with Crippen LogP contribution in [0.25, 0.3) is 0 Å². The van der Waals surface area contributed by atoms with E-state index in [0.717, 1.165) is 10.5 Å². The highest BCUT2D eigenvalue weighted by Crippen LogP contribution is 2.30. The van der Waals surface area contributed by atoms with E-state index in [1.165, 1.54) is 17.8 Å². The van der Waals surface area contributed by atoms with E-state index in [-0.39, 0.29) is 12.2 Å². The number of hydrogen-bond acceptors (Lipinski definition) is 3. The van der Waals surface area contributed by atoms with Crippen LogP contribution in [0.4, 0.5) is 10.1 Å². The van der Waals surface area contributed by atoms with Crippen molar-refractivity contribution in [1.29, 1.82) is 0 Å². The van der Waals surface area contributed by atoms with Gasteiger partial charge in [-0.1, -0.05) is 23.9 Å². The quantitative estimate of drug-likeness (QED) is 0.842. The zero-order valence-corrected chi connectivity index (χ0v) is 10.8. The van der Waals surface area contributed by atoms with Gasteiger partial charge in [0.1, 0.15) is 5.82 Å². The van der Waals surface area contributed by atoms with E-state index >= 15 is 0 Å². The summed E-state index contributed by atoms with van der Waals surface area (Å²) >= 11 is 1.27. The van der Waals surface area contributed by atoms with Crippen molar-refractivity contribution < 1.29 is 14.3 Å². The van der Waals surface area contributed by atoms with Crippen LogP contribution in [-0.2, 0) is 11.2 Å². The standard InChI is InChI=1S/C14H12FNO2S/c15-12-8-10(16)3-6-13(12)19-11-4-1-9(2-5-11)7-14(17)18/h1-6,8H,7,16H2,(H,17,18). The van der Waals surface area contributed by atoms with Gasteiger partial charge in [-0.25, -0.2) is 4.39 Å². The van der Waals surface area contributed by atoms with Crippen LogP contribution in [0.5, 0.6) is 0 Å². The van der Waals surface area contributed by atoms with Crippen molar-refractivity contribution in [2.45, 2.75) is 16.2 Å². The van der Waals surface area contributed by atoms with Gasteiger partial charge in [-0.3, -0.25) is 4.79 Å². The van der Waals surface area contributed by atoms with Gasteiger partial charge in [0.2, 0.25) is 0 Å². The molecule has 19 heavy (non-hydrogen) atoms. The van der Waals surface area contributed by atoms with Crippen molar-refractivity contribution in [3.63, 3.8) is 0 Å². The predicted octanol–water partition coefficient (Wildman–Crippen LogP) is 3.19. The molecule has 3 N–H and O–H groups in total. The van der Waals surface area contributed by atoms with E-state index in [9.17, 15) is 9.18 Å². The van der Waals surface area contributed by atoms with E-state index in [1.807, 2.05) is 0 Å². The van der Waals surface area contributed by atoms with E-state index in [1.54, 1.807) is 36.4 Å². The maximum Gasteiger partial charge on any atom is 0.307 e. The van der Waals surface area contributed by atoms with Crippen LogP contribution in [0.15, 0.2) is 52.3 Å². The van der Waals surface area contributed by atoms with Crippen molar-refractivity contribution in [2.75, 3.05) is 5.73 Å². The van der Waals surface area contributed by atoms with E-state index in [4.69, 9.17) is 10.8 Å². The Bertz CT molecular complexity index is 599. The van der Waals surface area contributed by atoms with Crippen molar-refractivity contribution in [3.8, 4) is 0 Å². The molecule has 0 saturated carbocycles. The minimum Gasteiger partial charge on any atom is -0.481 e. The molecule has 2 rings (SSSR count). The molecule has 0 aliphatic heterocycles. The molecule has 0 heterocycles. The summed E-state index contributed by atoms with van der Waals surface area (Å²) in [5.41, 5.74) is 6.59. The van der Waals surface area contributed by atoms with E-state index in [2.05, 4.69) is 0 Å². The van der Waals surface area contributed by atoms with Gasteiger partial charge in [0, 0.05) is 15.5 Å². The smallest absolute Gasteiger partial charge is 0.307 e. The molecular weight excluding hydrogens is 265 g/mol. The molecule has 0 atom stereocenters. The van der Waals surface area contributed by atoms with Gasteiger partial charge in [-0.05, 0) is 35.9 Å². The molecule has 5 heteroatoms. The predicted molar refractivity (Wildman–Crippen MR) is 72.7 cm³/mol. The van der Waals surface area contributed by atoms with Crippen LogP contribution in [0, 0.1) is 5.82 Å². The minimum absolute atomic E-state index is 0.0127. The molecule has 0 bridgehead atoms. The van der Waals surface area contributed by atoms with Crippen LogP contribution in [0.3, 0.4) is 0 Å². The monoisotopic (exact) mass is 277 g/mol. The second-order valence-corrected chi connectivity index (χ2v) is 5.12. The van der Waals surface area contributed by atoms with Crippen LogP contribution >= 0.6 is 11.8 Å². The zero-order chi connectivity index (χ0) is 13.8. The van der Waals surface area contributed by atoms with Gasteiger partial charge in [-0.2, -0.15) is 0 Å². The molecular formula is C14H12FNO2S. The molecule has 0 saturated heterocycles. The van der Waals surface area contributed by atoms with Gasteiger partial charge in [0.25, 0.3) is 0 Å². The molecule has 0 aliphatic carbocycles. The van der Waals surface area contributed by atoms with Crippen LogP contribution in [-0.4, -0.2) is 11.1 Å². The molecule has 0 aliphatic rings. The van der Waals surface area contributed by atoms with E-state index < -0.39 is 5.97 Å². The first-order chi connectivity index (χ1) is 9.04. The number of aliphatic carboxylic acids is 1. The SMILES string of the molecule is Nc1ccc(Sc2ccc(CC(=O)O)cc2)c(F)c1. The average molecular weight is 277 g/mol. The van der Waals surface area contributed by atoms with Crippen molar-refractivity contribution in [1.82, 2.24) is 0 Å². The summed E-state index contributed by atoms with van der Waals surface area (Å²) in [6.45, 7) is 0.